The predicted molar refractivity (Wildman–Crippen MR) is 70.8 cm³/mol. The van der Waals surface area contributed by atoms with Crippen LogP contribution in [0.1, 0.15) is 17.9 Å². The van der Waals surface area contributed by atoms with Crippen LogP contribution in [0.4, 0.5) is 5.82 Å². The van der Waals surface area contributed by atoms with Gasteiger partial charge in [0, 0.05) is 13.1 Å². The fraction of sp³-hybridized carbons (Fsp3) is 0.286. The van der Waals surface area contributed by atoms with E-state index in [0.29, 0.717) is 12.3 Å². The standard InChI is InChI=1S/C14H14N4O/c15-9-12-14-16-7-4-8-18(14)13(17-12)10-19-11-5-2-1-3-6-11/h1-3,5-6,16H,4,7-8,10H2. The minimum absolute atomic E-state index is 0.375. The van der Waals surface area contributed by atoms with Crippen molar-refractivity contribution in [3.05, 3.63) is 41.9 Å². The zero-order valence-electron chi connectivity index (χ0n) is 10.5. The maximum Gasteiger partial charge on any atom is 0.183 e. The zero-order valence-corrected chi connectivity index (χ0v) is 10.5. The van der Waals surface area contributed by atoms with Gasteiger partial charge in [-0.3, -0.25) is 0 Å². The number of fused-ring (bicyclic) bond motifs is 1. The van der Waals surface area contributed by atoms with E-state index in [0.717, 1.165) is 36.9 Å². The largest absolute Gasteiger partial charge is 0.486 e. The molecule has 0 spiro atoms. The number of hydrogen-bond acceptors (Lipinski definition) is 4. The van der Waals surface area contributed by atoms with Crippen LogP contribution in [-0.4, -0.2) is 16.1 Å². The second-order valence-corrected chi connectivity index (χ2v) is 4.37. The first-order valence-electron chi connectivity index (χ1n) is 6.29. The number of ether oxygens (including phenoxy) is 1. The molecule has 0 unspecified atom stereocenters. The average molecular weight is 254 g/mol. The summed E-state index contributed by atoms with van der Waals surface area (Å²) in [6.45, 7) is 2.14. The summed E-state index contributed by atoms with van der Waals surface area (Å²) in [6, 6.07) is 11.7. The highest BCUT2D eigenvalue weighted by Crippen LogP contribution is 2.22. The minimum Gasteiger partial charge on any atom is -0.486 e. The first-order chi connectivity index (χ1) is 9.38. The van der Waals surface area contributed by atoms with E-state index in [1.165, 1.54) is 0 Å². The summed E-state index contributed by atoms with van der Waals surface area (Å²) < 4.78 is 7.73. The molecule has 19 heavy (non-hydrogen) atoms. The molecular formula is C14H14N4O. The molecule has 0 saturated carbocycles. The van der Waals surface area contributed by atoms with Crippen molar-refractivity contribution in [3.63, 3.8) is 0 Å². The lowest BCUT2D eigenvalue weighted by Crippen LogP contribution is -2.19. The number of nitrogens with one attached hydrogen (secondary N) is 1. The Bertz CT molecular complexity index is 612. The SMILES string of the molecule is N#Cc1nc(COc2ccccc2)n2c1NCCC2. The summed E-state index contributed by atoms with van der Waals surface area (Å²) in [7, 11) is 0. The molecule has 0 saturated heterocycles. The number of anilines is 1. The molecule has 2 heterocycles. The van der Waals surface area contributed by atoms with E-state index in [2.05, 4.69) is 16.4 Å². The highest BCUT2D eigenvalue weighted by molar-refractivity contribution is 5.51. The molecule has 1 aromatic heterocycles. The molecule has 1 aliphatic rings. The van der Waals surface area contributed by atoms with Crippen molar-refractivity contribution in [1.82, 2.24) is 9.55 Å². The monoisotopic (exact) mass is 254 g/mol. The second kappa shape index (κ2) is 5.02. The number of nitrogens with zero attached hydrogens (tertiary/aromatic N) is 3. The molecule has 0 atom stereocenters. The van der Waals surface area contributed by atoms with Crippen LogP contribution < -0.4 is 10.1 Å². The van der Waals surface area contributed by atoms with Crippen LogP contribution >= 0.6 is 0 Å². The molecule has 0 radical (unpaired) electrons. The van der Waals surface area contributed by atoms with Gasteiger partial charge in [-0.15, -0.1) is 0 Å². The van der Waals surface area contributed by atoms with Gasteiger partial charge in [0.2, 0.25) is 0 Å². The maximum absolute atomic E-state index is 9.09. The van der Waals surface area contributed by atoms with Crippen LogP contribution in [0.3, 0.4) is 0 Å². The predicted octanol–water partition coefficient (Wildman–Crippen LogP) is 2.15. The molecule has 3 rings (SSSR count). The van der Waals surface area contributed by atoms with Gasteiger partial charge >= 0.3 is 0 Å². The van der Waals surface area contributed by atoms with E-state index in [1.807, 2.05) is 34.9 Å². The van der Waals surface area contributed by atoms with Crippen molar-refractivity contribution >= 4 is 5.82 Å². The highest BCUT2D eigenvalue weighted by atomic mass is 16.5. The van der Waals surface area contributed by atoms with E-state index in [1.54, 1.807) is 0 Å². The molecule has 0 bridgehead atoms. The van der Waals surface area contributed by atoms with Crippen LogP contribution in [0.25, 0.3) is 0 Å². The molecule has 2 aromatic rings. The highest BCUT2D eigenvalue weighted by Gasteiger charge is 2.19. The Hall–Kier alpha value is -2.48. The smallest absolute Gasteiger partial charge is 0.183 e. The molecule has 96 valence electrons. The van der Waals surface area contributed by atoms with Gasteiger partial charge in [-0.1, -0.05) is 18.2 Å². The third-order valence-electron chi connectivity index (χ3n) is 3.11. The van der Waals surface area contributed by atoms with Gasteiger partial charge in [-0.25, -0.2) is 4.98 Å². The number of imidazole rings is 1. The van der Waals surface area contributed by atoms with Gasteiger partial charge in [-0.2, -0.15) is 5.26 Å². The molecule has 0 aliphatic carbocycles. The van der Waals surface area contributed by atoms with Gasteiger partial charge in [0.25, 0.3) is 0 Å². The molecule has 1 N–H and O–H groups in total. The third-order valence-corrected chi connectivity index (χ3v) is 3.11. The van der Waals surface area contributed by atoms with E-state index in [-0.39, 0.29) is 0 Å². The summed E-state index contributed by atoms with van der Waals surface area (Å²) in [5, 5.41) is 12.3. The number of aromatic nitrogens is 2. The molecule has 1 aliphatic heterocycles. The average Bonchev–Trinajstić information content (AvgIpc) is 2.84. The maximum atomic E-state index is 9.09. The van der Waals surface area contributed by atoms with Crippen LogP contribution in [0.15, 0.2) is 30.3 Å². The zero-order chi connectivity index (χ0) is 13.1. The van der Waals surface area contributed by atoms with Gasteiger partial charge in [0.1, 0.15) is 30.1 Å². The second-order valence-electron chi connectivity index (χ2n) is 4.37. The van der Waals surface area contributed by atoms with Crippen molar-refractivity contribution in [1.29, 1.82) is 5.26 Å². The molecule has 0 amide bonds. The van der Waals surface area contributed by atoms with E-state index in [4.69, 9.17) is 10.00 Å². The third kappa shape index (κ3) is 2.25. The molecule has 0 fully saturated rings. The van der Waals surface area contributed by atoms with E-state index in [9.17, 15) is 0 Å². The quantitative estimate of drug-likeness (QED) is 0.911. The normalized spacial score (nSPS) is 13.2. The number of nitriles is 1. The molecular weight excluding hydrogens is 240 g/mol. The van der Waals surface area contributed by atoms with Gasteiger partial charge < -0.3 is 14.6 Å². The first-order valence-corrected chi connectivity index (χ1v) is 6.29. The molecule has 1 aromatic carbocycles. The van der Waals surface area contributed by atoms with Gasteiger partial charge in [0.05, 0.1) is 0 Å². The van der Waals surface area contributed by atoms with Crippen molar-refractivity contribution < 1.29 is 4.74 Å². The Morgan fingerprint density at radius 3 is 3.00 bits per heavy atom. The lowest BCUT2D eigenvalue weighted by molar-refractivity contribution is 0.288. The van der Waals surface area contributed by atoms with Gasteiger partial charge in [-0.05, 0) is 18.6 Å². The van der Waals surface area contributed by atoms with Crippen LogP contribution in [0, 0.1) is 11.3 Å². The van der Waals surface area contributed by atoms with Crippen molar-refractivity contribution in [2.24, 2.45) is 0 Å². The first kappa shape index (κ1) is 11.6. The summed E-state index contributed by atoms with van der Waals surface area (Å²) in [5.41, 5.74) is 0.450. The lowest BCUT2D eigenvalue weighted by atomic mass is 10.3. The topological polar surface area (TPSA) is 62.9 Å². The lowest BCUT2D eigenvalue weighted by Gasteiger charge is -2.18. The molecule has 5 heteroatoms. The van der Waals surface area contributed by atoms with Crippen LogP contribution in [0.2, 0.25) is 0 Å². The van der Waals surface area contributed by atoms with E-state index >= 15 is 0 Å². The minimum atomic E-state index is 0.375. The Morgan fingerprint density at radius 1 is 1.37 bits per heavy atom. The summed E-state index contributed by atoms with van der Waals surface area (Å²) in [5.74, 6) is 2.42. The molecule has 5 nitrogen and oxygen atoms in total. The Balaban J connectivity index is 1.82. The van der Waals surface area contributed by atoms with Crippen LogP contribution in [0.5, 0.6) is 5.75 Å². The Morgan fingerprint density at radius 2 is 2.21 bits per heavy atom. The Kier molecular flexibility index (Phi) is 3.07. The fourth-order valence-corrected chi connectivity index (χ4v) is 2.22. The summed E-state index contributed by atoms with van der Waals surface area (Å²) in [4.78, 5) is 4.34. The van der Waals surface area contributed by atoms with Crippen molar-refractivity contribution in [3.8, 4) is 11.8 Å². The van der Waals surface area contributed by atoms with Crippen LogP contribution in [-0.2, 0) is 13.2 Å². The number of rotatable bonds is 3. The summed E-state index contributed by atoms with van der Waals surface area (Å²) in [6.07, 6.45) is 1.03. The van der Waals surface area contributed by atoms with Crippen molar-refractivity contribution in [2.75, 3.05) is 11.9 Å². The summed E-state index contributed by atoms with van der Waals surface area (Å²) >= 11 is 0. The number of hydrogen-bond donors (Lipinski definition) is 1. The van der Waals surface area contributed by atoms with Crippen molar-refractivity contribution in [2.45, 2.75) is 19.6 Å². The van der Waals surface area contributed by atoms with E-state index < -0.39 is 0 Å². The number of benzene rings is 1. The Labute approximate surface area is 111 Å². The number of para-hydroxylation sites is 1. The van der Waals surface area contributed by atoms with Gasteiger partial charge in [0.15, 0.2) is 5.69 Å². The fourth-order valence-electron chi connectivity index (χ4n) is 2.22.